The number of hydrogen-bond acceptors (Lipinski definition) is 2. The predicted molar refractivity (Wildman–Crippen MR) is 60.9 cm³/mol. The van der Waals surface area contributed by atoms with E-state index in [4.69, 9.17) is 9.47 Å². The van der Waals surface area contributed by atoms with E-state index in [1.165, 1.54) is 5.56 Å². The van der Waals surface area contributed by atoms with Gasteiger partial charge in [0.25, 0.3) is 0 Å². The molecule has 0 bridgehead atoms. The third-order valence-corrected chi connectivity index (χ3v) is 2.53. The first-order valence-electron chi connectivity index (χ1n) is 4.59. The van der Waals surface area contributed by atoms with Crippen LogP contribution in [0.1, 0.15) is 12.0 Å². The molecule has 0 unspecified atom stereocenters. The van der Waals surface area contributed by atoms with E-state index < -0.39 is 0 Å². The van der Waals surface area contributed by atoms with Gasteiger partial charge in [0.1, 0.15) is 5.75 Å². The maximum Gasteiger partial charge on any atom is 0.122 e. The van der Waals surface area contributed by atoms with Gasteiger partial charge in [0.15, 0.2) is 0 Å². The van der Waals surface area contributed by atoms with E-state index >= 15 is 0 Å². The molecule has 0 atom stereocenters. The highest BCUT2D eigenvalue weighted by atomic mass is 79.9. The Kier molecular flexibility index (Phi) is 4.98. The lowest BCUT2D eigenvalue weighted by Gasteiger charge is -2.08. The van der Waals surface area contributed by atoms with Gasteiger partial charge in [-0.15, -0.1) is 0 Å². The minimum Gasteiger partial charge on any atom is -0.496 e. The summed E-state index contributed by atoms with van der Waals surface area (Å²) < 4.78 is 11.4. The van der Waals surface area contributed by atoms with Gasteiger partial charge in [0.05, 0.1) is 7.11 Å². The summed E-state index contributed by atoms with van der Waals surface area (Å²) >= 11 is 3.45. The van der Waals surface area contributed by atoms with Crippen LogP contribution in [-0.2, 0) is 11.2 Å². The Morgan fingerprint density at radius 1 is 1.29 bits per heavy atom. The summed E-state index contributed by atoms with van der Waals surface area (Å²) in [6.07, 6.45) is 2.00. The number of hydrogen-bond donors (Lipinski definition) is 0. The Morgan fingerprint density at radius 2 is 2.07 bits per heavy atom. The Labute approximate surface area is 93.4 Å². The van der Waals surface area contributed by atoms with Gasteiger partial charge in [-0.25, -0.2) is 0 Å². The van der Waals surface area contributed by atoms with Gasteiger partial charge in [-0.1, -0.05) is 15.9 Å². The second-order valence-corrected chi connectivity index (χ2v) is 3.97. The molecule has 0 heterocycles. The lowest BCUT2D eigenvalue weighted by molar-refractivity contribution is 0.195. The van der Waals surface area contributed by atoms with Crippen LogP contribution in [0.3, 0.4) is 0 Å². The molecule has 0 amide bonds. The number of ether oxygens (including phenoxy) is 2. The molecule has 0 N–H and O–H groups in total. The lowest BCUT2D eigenvalue weighted by Crippen LogP contribution is -1.96. The smallest absolute Gasteiger partial charge is 0.122 e. The quantitative estimate of drug-likeness (QED) is 0.757. The molecule has 0 saturated heterocycles. The van der Waals surface area contributed by atoms with Crippen LogP contribution in [0.4, 0.5) is 0 Å². The van der Waals surface area contributed by atoms with Crippen molar-refractivity contribution >= 4 is 15.9 Å². The van der Waals surface area contributed by atoms with E-state index in [-0.39, 0.29) is 0 Å². The van der Waals surface area contributed by atoms with Crippen LogP contribution >= 0.6 is 15.9 Å². The number of benzene rings is 1. The van der Waals surface area contributed by atoms with E-state index in [0.29, 0.717) is 0 Å². The van der Waals surface area contributed by atoms with Crippen LogP contribution in [0, 0.1) is 0 Å². The molecule has 1 aromatic rings. The first kappa shape index (κ1) is 11.5. The molecule has 0 aliphatic carbocycles. The molecule has 3 heteroatoms. The van der Waals surface area contributed by atoms with Gasteiger partial charge in [-0.3, -0.25) is 0 Å². The standard InChI is InChI=1S/C11H15BrO2/c1-13-7-3-4-9-8-10(12)5-6-11(9)14-2/h5-6,8H,3-4,7H2,1-2H3. The van der Waals surface area contributed by atoms with Crippen molar-refractivity contribution in [3.63, 3.8) is 0 Å². The highest BCUT2D eigenvalue weighted by molar-refractivity contribution is 9.10. The Bertz CT molecular complexity index is 287. The average molecular weight is 259 g/mol. The fourth-order valence-corrected chi connectivity index (χ4v) is 1.76. The van der Waals surface area contributed by atoms with Crippen LogP contribution in [0.2, 0.25) is 0 Å². The topological polar surface area (TPSA) is 18.5 Å². The number of halogens is 1. The molecular formula is C11H15BrO2. The molecule has 0 radical (unpaired) electrons. The molecule has 14 heavy (non-hydrogen) atoms. The van der Waals surface area contributed by atoms with Gasteiger partial charge in [0, 0.05) is 18.2 Å². The second-order valence-electron chi connectivity index (χ2n) is 3.05. The van der Waals surface area contributed by atoms with Crippen molar-refractivity contribution in [2.24, 2.45) is 0 Å². The molecule has 78 valence electrons. The van der Waals surface area contributed by atoms with Crippen LogP contribution < -0.4 is 4.74 Å². The van der Waals surface area contributed by atoms with Crippen molar-refractivity contribution in [2.45, 2.75) is 12.8 Å². The largest absolute Gasteiger partial charge is 0.496 e. The summed E-state index contributed by atoms with van der Waals surface area (Å²) in [7, 11) is 3.42. The summed E-state index contributed by atoms with van der Waals surface area (Å²) in [4.78, 5) is 0. The summed E-state index contributed by atoms with van der Waals surface area (Å²) in [5.41, 5.74) is 1.22. The number of rotatable bonds is 5. The van der Waals surface area contributed by atoms with Crippen molar-refractivity contribution < 1.29 is 9.47 Å². The minimum absolute atomic E-state index is 0.787. The predicted octanol–water partition coefficient (Wildman–Crippen LogP) is 3.04. The monoisotopic (exact) mass is 258 g/mol. The Hall–Kier alpha value is -0.540. The molecule has 0 fully saturated rings. The molecule has 0 aromatic heterocycles. The van der Waals surface area contributed by atoms with E-state index in [1.54, 1.807) is 14.2 Å². The number of methoxy groups -OCH3 is 2. The molecular weight excluding hydrogens is 244 g/mol. The van der Waals surface area contributed by atoms with Crippen LogP contribution in [0.25, 0.3) is 0 Å². The zero-order valence-electron chi connectivity index (χ0n) is 8.55. The molecule has 2 nitrogen and oxygen atoms in total. The summed E-state index contributed by atoms with van der Waals surface area (Å²) in [5, 5.41) is 0. The second kappa shape index (κ2) is 6.04. The third kappa shape index (κ3) is 3.31. The Balaban J connectivity index is 2.67. The van der Waals surface area contributed by atoms with Crippen LogP contribution in [0.15, 0.2) is 22.7 Å². The highest BCUT2D eigenvalue weighted by Gasteiger charge is 2.02. The van der Waals surface area contributed by atoms with E-state index in [9.17, 15) is 0 Å². The first-order chi connectivity index (χ1) is 6.77. The van der Waals surface area contributed by atoms with E-state index in [2.05, 4.69) is 22.0 Å². The molecule has 0 aliphatic rings. The van der Waals surface area contributed by atoms with Crippen LogP contribution in [0.5, 0.6) is 5.75 Å². The van der Waals surface area contributed by atoms with Gasteiger partial charge in [-0.05, 0) is 36.6 Å². The molecule has 0 saturated carbocycles. The molecule has 0 spiro atoms. The van der Waals surface area contributed by atoms with Crippen molar-refractivity contribution in [1.29, 1.82) is 0 Å². The SMILES string of the molecule is COCCCc1cc(Br)ccc1OC. The maximum absolute atomic E-state index is 5.27. The lowest BCUT2D eigenvalue weighted by atomic mass is 10.1. The van der Waals surface area contributed by atoms with Crippen molar-refractivity contribution in [3.8, 4) is 5.75 Å². The normalized spacial score (nSPS) is 10.2. The fourth-order valence-electron chi connectivity index (χ4n) is 1.35. The van der Waals surface area contributed by atoms with Gasteiger partial charge in [-0.2, -0.15) is 0 Å². The summed E-state index contributed by atoms with van der Waals surface area (Å²) in [6, 6.07) is 6.05. The van der Waals surface area contributed by atoms with Gasteiger partial charge in [0.2, 0.25) is 0 Å². The fraction of sp³-hybridized carbons (Fsp3) is 0.455. The van der Waals surface area contributed by atoms with E-state index in [0.717, 1.165) is 29.7 Å². The maximum atomic E-state index is 5.27. The summed E-state index contributed by atoms with van der Waals surface area (Å²) in [5.74, 6) is 0.948. The average Bonchev–Trinajstić information content (AvgIpc) is 2.19. The Morgan fingerprint density at radius 3 is 2.71 bits per heavy atom. The van der Waals surface area contributed by atoms with Gasteiger partial charge < -0.3 is 9.47 Å². The van der Waals surface area contributed by atoms with E-state index in [1.807, 2.05) is 12.1 Å². The molecule has 1 rings (SSSR count). The number of aryl methyl sites for hydroxylation is 1. The van der Waals surface area contributed by atoms with Crippen molar-refractivity contribution in [1.82, 2.24) is 0 Å². The third-order valence-electron chi connectivity index (χ3n) is 2.04. The van der Waals surface area contributed by atoms with Crippen molar-refractivity contribution in [3.05, 3.63) is 28.2 Å². The first-order valence-corrected chi connectivity index (χ1v) is 5.38. The zero-order chi connectivity index (χ0) is 10.4. The minimum atomic E-state index is 0.787. The van der Waals surface area contributed by atoms with Gasteiger partial charge >= 0.3 is 0 Å². The summed E-state index contributed by atoms with van der Waals surface area (Å²) in [6.45, 7) is 0.787. The zero-order valence-corrected chi connectivity index (χ0v) is 10.1. The van der Waals surface area contributed by atoms with Crippen molar-refractivity contribution in [2.75, 3.05) is 20.8 Å². The molecule has 1 aromatic carbocycles. The highest BCUT2D eigenvalue weighted by Crippen LogP contribution is 2.23. The van der Waals surface area contributed by atoms with Crippen LogP contribution in [-0.4, -0.2) is 20.8 Å². The molecule has 0 aliphatic heterocycles.